The molecule has 0 aromatic carbocycles. The quantitative estimate of drug-likeness (QED) is 0.302. The summed E-state index contributed by atoms with van der Waals surface area (Å²) in [6, 6.07) is 0. The van der Waals surface area contributed by atoms with Crippen molar-refractivity contribution in [3.05, 3.63) is 0 Å². The molecule has 4 fully saturated rings. The minimum atomic E-state index is -3.69. The van der Waals surface area contributed by atoms with Crippen LogP contribution in [0.2, 0.25) is 0 Å². The lowest BCUT2D eigenvalue weighted by molar-refractivity contribution is -0.158. The fourth-order valence-corrected chi connectivity index (χ4v) is 12.2. The van der Waals surface area contributed by atoms with E-state index in [-0.39, 0.29) is 62.9 Å². The molecule has 12 atom stereocenters. The number of rotatable bonds is 4. The van der Waals surface area contributed by atoms with Gasteiger partial charge in [0.05, 0.1) is 23.1 Å². The highest BCUT2D eigenvalue weighted by molar-refractivity contribution is 9.09. The fourth-order valence-electron chi connectivity index (χ4n) is 8.59. The van der Waals surface area contributed by atoms with E-state index in [0.717, 1.165) is 32.1 Å². The molecule has 0 amide bonds. The second-order valence-corrected chi connectivity index (χ2v) is 16.8. The molecule has 8 heteroatoms. The van der Waals surface area contributed by atoms with E-state index in [1.165, 1.54) is 0 Å². The van der Waals surface area contributed by atoms with Crippen molar-refractivity contribution in [3.8, 4) is 0 Å². The van der Waals surface area contributed by atoms with E-state index in [0.29, 0.717) is 6.42 Å². The van der Waals surface area contributed by atoms with Crippen LogP contribution in [-0.4, -0.2) is 51.3 Å². The Kier molecular flexibility index (Phi) is 8.56. The van der Waals surface area contributed by atoms with Crippen LogP contribution < -0.4 is 0 Å². The Labute approximate surface area is 229 Å². The molecule has 0 unspecified atom stereocenters. The number of aliphatic hydroxyl groups excluding tert-OH is 2. The van der Waals surface area contributed by atoms with Gasteiger partial charge in [-0.05, 0) is 73.0 Å². The van der Waals surface area contributed by atoms with E-state index in [9.17, 15) is 18.6 Å². The van der Waals surface area contributed by atoms with Gasteiger partial charge in [-0.2, -0.15) is 8.42 Å². The third-order valence-electron chi connectivity index (χ3n) is 10.6. The van der Waals surface area contributed by atoms with Gasteiger partial charge >= 0.3 is 0 Å². The lowest BCUT2D eigenvalue weighted by Crippen LogP contribution is -2.63. The number of hydrogen-bond donors (Lipinski definition) is 2. The monoisotopic (exact) mass is 640 g/mol. The van der Waals surface area contributed by atoms with E-state index in [1.807, 2.05) is 0 Å². The highest BCUT2D eigenvalue weighted by atomic mass is 79.9. The Morgan fingerprint density at radius 2 is 1.23 bits per heavy atom. The zero-order chi connectivity index (χ0) is 26.0. The van der Waals surface area contributed by atoms with Gasteiger partial charge in [-0.15, -0.1) is 0 Å². The van der Waals surface area contributed by atoms with E-state index in [2.05, 4.69) is 73.4 Å². The van der Waals surface area contributed by atoms with Crippen LogP contribution in [0.1, 0.15) is 80.1 Å². The molecule has 35 heavy (non-hydrogen) atoms. The maximum Gasteiger partial charge on any atom is 0.271 e. The lowest BCUT2D eigenvalue weighted by Gasteiger charge is -2.58. The van der Waals surface area contributed by atoms with E-state index in [4.69, 9.17) is 4.18 Å². The third kappa shape index (κ3) is 4.64. The largest absolute Gasteiger partial charge is 0.392 e. The van der Waals surface area contributed by atoms with E-state index in [1.54, 1.807) is 0 Å². The van der Waals surface area contributed by atoms with Gasteiger partial charge in [-0.3, -0.25) is 4.18 Å². The average molecular weight is 643 g/mol. The van der Waals surface area contributed by atoms with Gasteiger partial charge in [-0.25, -0.2) is 0 Å². The third-order valence-corrected chi connectivity index (χ3v) is 15.2. The minimum absolute atomic E-state index is 0.0146. The van der Waals surface area contributed by atoms with Crippen LogP contribution in [0.15, 0.2) is 0 Å². The summed E-state index contributed by atoms with van der Waals surface area (Å²) in [5, 5.41) is 21.9. The molecule has 1 heterocycles. The molecule has 204 valence electrons. The molecule has 3 saturated carbocycles. The molecule has 1 aliphatic heterocycles. The van der Waals surface area contributed by atoms with Gasteiger partial charge in [0.25, 0.3) is 10.1 Å². The summed E-state index contributed by atoms with van der Waals surface area (Å²) in [4.78, 5) is -0.214. The highest BCUT2D eigenvalue weighted by Crippen LogP contribution is 2.63. The van der Waals surface area contributed by atoms with Crippen LogP contribution in [0, 0.1) is 53.3 Å². The van der Waals surface area contributed by atoms with Gasteiger partial charge < -0.3 is 10.2 Å². The molecule has 0 aromatic heterocycles. The number of halogens is 2. The maximum absolute atomic E-state index is 13.7. The van der Waals surface area contributed by atoms with E-state index >= 15 is 0 Å². The van der Waals surface area contributed by atoms with Gasteiger partial charge in [0, 0.05) is 15.6 Å². The summed E-state index contributed by atoms with van der Waals surface area (Å²) in [6.07, 6.45) is 4.14. The summed E-state index contributed by atoms with van der Waals surface area (Å²) in [6.45, 7) is 13.0. The summed E-state index contributed by atoms with van der Waals surface area (Å²) in [5.41, 5.74) is -0.804. The Morgan fingerprint density at radius 3 is 1.66 bits per heavy atom. The van der Waals surface area contributed by atoms with Crippen LogP contribution in [0.4, 0.5) is 0 Å². The molecule has 3 aliphatic carbocycles. The fraction of sp³-hybridized carbons (Fsp3) is 1.00. The number of alkyl halides is 2. The first-order valence-corrected chi connectivity index (χ1v) is 17.1. The van der Waals surface area contributed by atoms with Gasteiger partial charge in [-0.1, -0.05) is 86.2 Å². The molecule has 0 bridgehead atoms. The normalized spacial score (nSPS) is 49.8. The molecule has 4 rings (SSSR count). The molecule has 0 radical (unpaired) electrons. The Hall–Kier alpha value is 0.790. The van der Waals surface area contributed by atoms with Crippen molar-refractivity contribution < 1.29 is 22.8 Å². The van der Waals surface area contributed by atoms with Crippen LogP contribution in [0.3, 0.4) is 0 Å². The van der Waals surface area contributed by atoms with E-state index < -0.39 is 33.2 Å². The molecular weight excluding hydrogens is 596 g/mol. The van der Waals surface area contributed by atoms with Crippen molar-refractivity contribution in [2.24, 2.45) is 53.3 Å². The number of fused-ring (bicyclic) bond motifs is 1. The van der Waals surface area contributed by atoms with Crippen molar-refractivity contribution in [1.29, 1.82) is 0 Å². The van der Waals surface area contributed by atoms with Crippen molar-refractivity contribution in [1.82, 2.24) is 0 Å². The summed E-state index contributed by atoms with van der Waals surface area (Å²) >= 11 is 7.69. The zero-order valence-corrected chi connectivity index (χ0v) is 26.1. The van der Waals surface area contributed by atoms with Crippen molar-refractivity contribution >= 4 is 42.0 Å². The zero-order valence-electron chi connectivity index (χ0n) is 22.1. The summed E-state index contributed by atoms with van der Waals surface area (Å²) in [5.74, 6) is 0.870. The number of hydrogen-bond acceptors (Lipinski definition) is 5. The van der Waals surface area contributed by atoms with Crippen LogP contribution in [0.25, 0.3) is 0 Å². The first kappa shape index (κ1) is 28.8. The van der Waals surface area contributed by atoms with Crippen molar-refractivity contribution in [2.45, 2.75) is 113 Å². The average Bonchev–Trinajstić information content (AvgIpc) is 3.03. The standard InChI is InChI=1S/C27H46Br2O5S/c1-13(2)17-11-20(15(5)23(28)25(17)30)27(19-9-7-8-10-22(19)35(32,33)34-27)21-12-18(14(3)4)26(31)24(29)16(21)6/h13-26,30-31H,7-12H2,1-6H3/t15-,16-,17-,18-,19-,20-,21-,22+,23-,24-,25+,26+/m1/s1. The molecule has 1 saturated heterocycles. The Bertz CT molecular complexity index is 824. The predicted octanol–water partition coefficient (Wildman–Crippen LogP) is 5.75. The van der Waals surface area contributed by atoms with Crippen molar-refractivity contribution in [3.63, 3.8) is 0 Å². The molecule has 5 nitrogen and oxygen atoms in total. The van der Waals surface area contributed by atoms with Crippen LogP contribution in [-0.2, 0) is 14.3 Å². The molecule has 0 spiro atoms. The highest BCUT2D eigenvalue weighted by Gasteiger charge is 2.69. The summed E-state index contributed by atoms with van der Waals surface area (Å²) < 4.78 is 34.0. The Morgan fingerprint density at radius 1 is 0.800 bits per heavy atom. The molecule has 0 aromatic rings. The topological polar surface area (TPSA) is 83.8 Å². The second-order valence-electron chi connectivity index (χ2n) is 12.9. The first-order chi connectivity index (χ1) is 16.3. The SMILES string of the molecule is CC(C)[C@H]1C[C@@H](C2([C@@H]3C[C@H](C(C)C)[C@H](O)[C@H](Br)[C@@H]3C)OS(=O)(=O)[C@H]3CCCC[C@H]32)[C@@H](C)[C@@H](Br)[C@H]1O. The second kappa shape index (κ2) is 10.4. The number of aliphatic hydroxyl groups is 2. The smallest absolute Gasteiger partial charge is 0.271 e. The van der Waals surface area contributed by atoms with Crippen LogP contribution >= 0.6 is 31.9 Å². The first-order valence-electron chi connectivity index (χ1n) is 13.8. The molecular formula is C27H46Br2O5S. The summed E-state index contributed by atoms with van der Waals surface area (Å²) in [7, 11) is -3.69. The lowest BCUT2D eigenvalue weighted by atomic mass is 9.51. The van der Waals surface area contributed by atoms with Crippen LogP contribution in [0.5, 0.6) is 0 Å². The van der Waals surface area contributed by atoms with Gasteiger partial charge in [0.15, 0.2) is 0 Å². The molecule has 4 aliphatic rings. The molecule has 2 N–H and O–H groups in total. The minimum Gasteiger partial charge on any atom is -0.392 e. The van der Waals surface area contributed by atoms with Gasteiger partial charge in [0.1, 0.15) is 0 Å². The predicted molar refractivity (Wildman–Crippen MR) is 147 cm³/mol. The Balaban J connectivity index is 1.89. The maximum atomic E-state index is 13.7. The van der Waals surface area contributed by atoms with Gasteiger partial charge in [0.2, 0.25) is 0 Å². The van der Waals surface area contributed by atoms with Crippen molar-refractivity contribution in [2.75, 3.05) is 0 Å².